The second-order valence-electron chi connectivity index (χ2n) is 7.36. The van der Waals surface area contributed by atoms with E-state index < -0.39 is 11.9 Å². The van der Waals surface area contributed by atoms with Gasteiger partial charge in [0.15, 0.2) is 0 Å². The third-order valence-corrected chi connectivity index (χ3v) is 6.34. The van der Waals surface area contributed by atoms with Gasteiger partial charge in [-0.25, -0.2) is 9.59 Å². The molecular weight excluding hydrogens is 280 g/mol. The van der Waals surface area contributed by atoms with Crippen molar-refractivity contribution in [1.29, 1.82) is 0 Å². The van der Waals surface area contributed by atoms with Crippen LogP contribution in [0.5, 0.6) is 0 Å². The summed E-state index contributed by atoms with van der Waals surface area (Å²) in [6, 6.07) is 6.23. The zero-order chi connectivity index (χ0) is 16.1. The standard InChI is InChI=1S/C18H22O4/c1-17(2)11-8-9-18(17,3)14(10-11)22-16(21)13-7-5-4-6-12(13)15(19)20/h4-7,11,14H,8-10H2,1-3H3,(H,19,20)/t11-,14-,18-/m1/s1. The summed E-state index contributed by atoms with van der Waals surface area (Å²) in [5.41, 5.74) is 0.273. The van der Waals surface area contributed by atoms with E-state index in [1.165, 1.54) is 18.6 Å². The van der Waals surface area contributed by atoms with Crippen molar-refractivity contribution in [3.05, 3.63) is 35.4 Å². The van der Waals surface area contributed by atoms with Crippen LogP contribution in [0.25, 0.3) is 0 Å². The minimum atomic E-state index is -1.10. The van der Waals surface area contributed by atoms with E-state index in [9.17, 15) is 14.7 Å². The van der Waals surface area contributed by atoms with Crippen LogP contribution in [0.15, 0.2) is 24.3 Å². The highest BCUT2D eigenvalue weighted by Gasteiger charge is 2.62. The molecule has 2 fully saturated rings. The lowest BCUT2D eigenvalue weighted by atomic mass is 9.70. The van der Waals surface area contributed by atoms with Crippen molar-refractivity contribution in [2.75, 3.05) is 0 Å². The number of esters is 1. The number of fused-ring (bicyclic) bond motifs is 2. The number of rotatable bonds is 3. The Kier molecular flexibility index (Phi) is 3.31. The summed E-state index contributed by atoms with van der Waals surface area (Å²) in [5, 5.41) is 9.21. The van der Waals surface area contributed by atoms with Crippen molar-refractivity contribution in [2.45, 2.75) is 46.1 Å². The van der Waals surface area contributed by atoms with Crippen LogP contribution < -0.4 is 0 Å². The molecule has 22 heavy (non-hydrogen) atoms. The van der Waals surface area contributed by atoms with Crippen LogP contribution in [-0.4, -0.2) is 23.1 Å². The first-order valence-electron chi connectivity index (χ1n) is 7.80. The SMILES string of the molecule is CC1(C)[C@@H]2CC[C@]1(C)[C@H](OC(=O)c1ccccc1C(=O)O)C2. The molecular formula is C18H22O4. The van der Waals surface area contributed by atoms with Gasteiger partial charge < -0.3 is 9.84 Å². The minimum Gasteiger partial charge on any atom is -0.478 e. The van der Waals surface area contributed by atoms with E-state index in [-0.39, 0.29) is 28.1 Å². The number of carboxylic acids is 1. The average Bonchev–Trinajstić information content (AvgIpc) is 2.80. The van der Waals surface area contributed by atoms with Gasteiger partial charge in [0.1, 0.15) is 6.10 Å². The average molecular weight is 302 g/mol. The van der Waals surface area contributed by atoms with Crippen LogP contribution >= 0.6 is 0 Å². The predicted molar refractivity (Wildman–Crippen MR) is 81.8 cm³/mol. The van der Waals surface area contributed by atoms with Gasteiger partial charge in [-0.05, 0) is 42.7 Å². The lowest BCUT2D eigenvalue weighted by Gasteiger charge is -2.38. The van der Waals surface area contributed by atoms with E-state index in [1.54, 1.807) is 12.1 Å². The van der Waals surface area contributed by atoms with Gasteiger partial charge >= 0.3 is 11.9 Å². The summed E-state index contributed by atoms with van der Waals surface area (Å²) in [5.74, 6) is -1.05. The summed E-state index contributed by atoms with van der Waals surface area (Å²) >= 11 is 0. The fourth-order valence-corrected chi connectivity index (χ4v) is 4.35. The molecule has 0 unspecified atom stereocenters. The van der Waals surface area contributed by atoms with Gasteiger partial charge in [0.05, 0.1) is 11.1 Å². The van der Waals surface area contributed by atoms with Crippen LogP contribution in [0.3, 0.4) is 0 Å². The lowest BCUT2D eigenvalue weighted by molar-refractivity contribution is -0.0244. The molecule has 2 aliphatic carbocycles. The van der Waals surface area contributed by atoms with E-state index in [0.717, 1.165) is 12.8 Å². The Morgan fingerprint density at radius 1 is 1.18 bits per heavy atom. The molecule has 0 radical (unpaired) electrons. The molecule has 2 saturated carbocycles. The molecule has 0 aliphatic heterocycles. The lowest BCUT2D eigenvalue weighted by Crippen LogP contribution is -2.38. The van der Waals surface area contributed by atoms with Crippen LogP contribution in [-0.2, 0) is 4.74 Å². The summed E-state index contributed by atoms with van der Waals surface area (Å²) in [6.45, 7) is 6.70. The predicted octanol–water partition coefficient (Wildman–Crippen LogP) is 3.76. The monoisotopic (exact) mass is 302 g/mol. The third-order valence-electron chi connectivity index (χ3n) is 6.34. The Morgan fingerprint density at radius 3 is 2.32 bits per heavy atom. The topological polar surface area (TPSA) is 63.6 Å². The largest absolute Gasteiger partial charge is 0.478 e. The summed E-state index contributed by atoms with van der Waals surface area (Å²) < 4.78 is 5.76. The Morgan fingerprint density at radius 2 is 1.82 bits per heavy atom. The van der Waals surface area contributed by atoms with Gasteiger partial charge in [0.25, 0.3) is 0 Å². The number of hydrogen-bond acceptors (Lipinski definition) is 3. The minimum absolute atomic E-state index is 0.0000645. The molecule has 0 aromatic heterocycles. The van der Waals surface area contributed by atoms with Crippen molar-refractivity contribution in [3.8, 4) is 0 Å². The number of aromatic carboxylic acids is 1. The maximum Gasteiger partial charge on any atom is 0.339 e. The molecule has 3 atom stereocenters. The van der Waals surface area contributed by atoms with E-state index in [1.807, 2.05) is 0 Å². The van der Waals surface area contributed by atoms with Gasteiger partial charge in [-0.15, -0.1) is 0 Å². The van der Waals surface area contributed by atoms with Crippen LogP contribution in [0.2, 0.25) is 0 Å². The summed E-state index contributed by atoms with van der Waals surface area (Å²) in [4.78, 5) is 23.7. The Hall–Kier alpha value is -1.84. The molecule has 118 valence electrons. The Bertz CT molecular complexity index is 634. The third kappa shape index (κ3) is 1.97. The van der Waals surface area contributed by atoms with Gasteiger partial charge in [-0.2, -0.15) is 0 Å². The van der Waals surface area contributed by atoms with E-state index in [2.05, 4.69) is 20.8 Å². The number of benzene rings is 1. The molecule has 2 aliphatic rings. The number of ether oxygens (including phenoxy) is 1. The second kappa shape index (κ2) is 4.83. The fraction of sp³-hybridized carbons (Fsp3) is 0.556. The Balaban J connectivity index is 1.84. The molecule has 0 heterocycles. The zero-order valence-electron chi connectivity index (χ0n) is 13.3. The van der Waals surface area contributed by atoms with Crippen LogP contribution in [0, 0.1) is 16.7 Å². The number of carbonyl (C=O) groups is 2. The second-order valence-corrected chi connectivity index (χ2v) is 7.36. The molecule has 0 saturated heterocycles. The zero-order valence-corrected chi connectivity index (χ0v) is 13.3. The summed E-state index contributed by atoms with van der Waals surface area (Å²) in [6.07, 6.45) is 2.99. The van der Waals surface area contributed by atoms with Gasteiger partial charge in [0.2, 0.25) is 0 Å². The molecule has 1 aromatic rings. The van der Waals surface area contributed by atoms with Crippen molar-refractivity contribution >= 4 is 11.9 Å². The maximum atomic E-state index is 12.5. The normalized spacial score (nSPS) is 32.0. The van der Waals surface area contributed by atoms with Crippen molar-refractivity contribution in [1.82, 2.24) is 0 Å². The first-order valence-corrected chi connectivity index (χ1v) is 7.80. The molecule has 1 N–H and O–H groups in total. The highest BCUT2D eigenvalue weighted by Crippen LogP contribution is 2.66. The quantitative estimate of drug-likeness (QED) is 0.864. The molecule has 4 heteroatoms. The van der Waals surface area contributed by atoms with Crippen molar-refractivity contribution in [3.63, 3.8) is 0 Å². The van der Waals surface area contributed by atoms with Crippen molar-refractivity contribution in [2.24, 2.45) is 16.7 Å². The fourth-order valence-electron chi connectivity index (χ4n) is 4.35. The molecule has 4 nitrogen and oxygen atoms in total. The summed E-state index contributed by atoms with van der Waals surface area (Å²) in [7, 11) is 0. The molecule has 1 aromatic carbocycles. The number of carbonyl (C=O) groups excluding carboxylic acids is 1. The van der Waals surface area contributed by atoms with E-state index in [0.29, 0.717) is 5.92 Å². The van der Waals surface area contributed by atoms with Crippen LogP contribution in [0.4, 0.5) is 0 Å². The number of carboxylic acid groups (broad SMARTS) is 1. The number of hydrogen-bond donors (Lipinski definition) is 1. The highest BCUT2D eigenvalue weighted by molar-refractivity contribution is 6.02. The van der Waals surface area contributed by atoms with E-state index in [4.69, 9.17) is 4.74 Å². The first-order chi connectivity index (χ1) is 10.3. The van der Waals surface area contributed by atoms with E-state index >= 15 is 0 Å². The molecule has 0 spiro atoms. The van der Waals surface area contributed by atoms with Crippen LogP contribution in [0.1, 0.15) is 60.7 Å². The molecule has 2 bridgehead atoms. The molecule has 0 amide bonds. The molecule has 3 rings (SSSR count). The first kappa shape index (κ1) is 15.1. The van der Waals surface area contributed by atoms with Gasteiger partial charge in [-0.1, -0.05) is 32.9 Å². The van der Waals surface area contributed by atoms with Crippen molar-refractivity contribution < 1.29 is 19.4 Å². The van der Waals surface area contributed by atoms with Gasteiger partial charge in [-0.3, -0.25) is 0 Å². The highest BCUT2D eigenvalue weighted by atomic mass is 16.5. The maximum absolute atomic E-state index is 12.5. The van der Waals surface area contributed by atoms with Gasteiger partial charge in [0, 0.05) is 5.41 Å². The smallest absolute Gasteiger partial charge is 0.339 e. The Labute approximate surface area is 130 Å².